The van der Waals surface area contributed by atoms with E-state index in [1.807, 2.05) is 18.7 Å². The molecule has 1 aromatic heterocycles. The largest absolute Gasteiger partial charge is 0.349 e. The number of nitrogens with one attached hydrogen (secondary N) is 1. The van der Waals surface area contributed by atoms with Crippen LogP contribution in [0.1, 0.15) is 23.9 Å². The number of rotatable bonds is 5. The standard InChI is InChI=1S/C16H24N6.HI/c1-5-13-6-8-14(9-7-13)11-21(3)16(17-2)18-10-15-20-19-12-22(15)4;/h6-9,12H,5,10-11H2,1-4H3,(H,17,18);1H. The van der Waals surface area contributed by atoms with Gasteiger partial charge in [-0.1, -0.05) is 31.2 Å². The van der Waals surface area contributed by atoms with Gasteiger partial charge < -0.3 is 14.8 Å². The van der Waals surface area contributed by atoms with Crippen LogP contribution in [0.2, 0.25) is 0 Å². The van der Waals surface area contributed by atoms with Crippen LogP contribution < -0.4 is 5.32 Å². The molecule has 0 radical (unpaired) electrons. The van der Waals surface area contributed by atoms with Crippen LogP contribution >= 0.6 is 24.0 Å². The Labute approximate surface area is 155 Å². The lowest BCUT2D eigenvalue weighted by Gasteiger charge is -2.22. The first-order chi connectivity index (χ1) is 10.6. The van der Waals surface area contributed by atoms with Crippen LogP contribution in [0, 0.1) is 0 Å². The molecule has 2 rings (SSSR count). The zero-order valence-corrected chi connectivity index (χ0v) is 16.5. The fourth-order valence-electron chi connectivity index (χ4n) is 2.24. The molecule has 0 spiro atoms. The first kappa shape index (κ1) is 19.4. The Morgan fingerprint density at radius 1 is 1.26 bits per heavy atom. The van der Waals surface area contributed by atoms with Crippen molar-refractivity contribution in [2.75, 3.05) is 14.1 Å². The van der Waals surface area contributed by atoms with Gasteiger partial charge in [0.25, 0.3) is 0 Å². The normalized spacial score (nSPS) is 11.0. The van der Waals surface area contributed by atoms with E-state index >= 15 is 0 Å². The molecule has 1 aromatic carbocycles. The van der Waals surface area contributed by atoms with Crippen molar-refractivity contribution >= 4 is 29.9 Å². The van der Waals surface area contributed by atoms with Gasteiger partial charge in [-0.2, -0.15) is 0 Å². The lowest BCUT2D eigenvalue weighted by atomic mass is 10.1. The SMILES string of the molecule is CCc1ccc(CN(C)C(=NC)NCc2nncn2C)cc1.I. The lowest BCUT2D eigenvalue weighted by Crippen LogP contribution is -2.38. The van der Waals surface area contributed by atoms with Crippen LogP contribution in [0.3, 0.4) is 0 Å². The molecule has 0 saturated heterocycles. The number of halogens is 1. The van der Waals surface area contributed by atoms with E-state index in [0.29, 0.717) is 6.54 Å². The number of benzene rings is 1. The van der Waals surface area contributed by atoms with Crippen LogP contribution in [-0.2, 0) is 26.6 Å². The van der Waals surface area contributed by atoms with Crippen molar-refractivity contribution in [3.8, 4) is 0 Å². The van der Waals surface area contributed by atoms with Crippen LogP contribution in [0.15, 0.2) is 35.6 Å². The van der Waals surface area contributed by atoms with Gasteiger partial charge in [0.1, 0.15) is 6.33 Å². The van der Waals surface area contributed by atoms with Gasteiger partial charge in [-0.15, -0.1) is 34.2 Å². The van der Waals surface area contributed by atoms with E-state index < -0.39 is 0 Å². The zero-order chi connectivity index (χ0) is 15.9. The van der Waals surface area contributed by atoms with E-state index in [-0.39, 0.29) is 24.0 Å². The predicted molar refractivity (Wildman–Crippen MR) is 104 cm³/mol. The number of guanidine groups is 1. The van der Waals surface area contributed by atoms with E-state index in [1.54, 1.807) is 13.4 Å². The van der Waals surface area contributed by atoms with Crippen molar-refractivity contribution in [2.45, 2.75) is 26.4 Å². The molecule has 0 fully saturated rings. The first-order valence-corrected chi connectivity index (χ1v) is 7.46. The third-order valence-electron chi connectivity index (χ3n) is 3.63. The molecule has 6 nitrogen and oxygen atoms in total. The average molecular weight is 428 g/mol. The Balaban J connectivity index is 0.00000264. The smallest absolute Gasteiger partial charge is 0.194 e. The average Bonchev–Trinajstić information content (AvgIpc) is 2.94. The van der Waals surface area contributed by atoms with Crippen molar-refractivity contribution in [1.82, 2.24) is 25.0 Å². The van der Waals surface area contributed by atoms with E-state index in [2.05, 4.69) is 56.6 Å². The maximum Gasteiger partial charge on any atom is 0.194 e. The van der Waals surface area contributed by atoms with Gasteiger partial charge >= 0.3 is 0 Å². The summed E-state index contributed by atoms with van der Waals surface area (Å²) in [5.41, 5.74) is 2.62. The molecule has 1 N–H and O–H groups in total. The Kier molecular flexibility index (Phi) is 8.01. The van der Waals surface area contributed by atoms with Gasteiger partial charge in [-0.3, -0.25) is 4.99 Å². The highest BCUT2D eigenvalue weighted by Gasteiger charge is 2.08. The molecular weight excluding hydrogens is 403 g/mol. The molecule has 0 aliphatic heterocycles. The van der Waals surface area contributed by atoms with Gasteiger partial charge in [0.15, 0.2) is 11.8 Å². The minimum absolute atomic E-state index is 0. The molecule has 0 bridgehead atoms. The molecule has 1 heterocycles. The Hall–Kier alpha value is -1.64. The summed E-state index contributed by atoms with van der Waals surface area (Å²) in [6.45, 7) is 3.57. The van der Waals surface area contributed by atoms with Gasteiger partial charge in [-0.25, -0.2) is 0 Å². The topological polar surface area (TPSA) is 58.3 Å². The molecule has 0 saturated carbocycles. The Morgan fingerprint density at radius 3 is 2.43 bits per heavy atom. The third-order valence-corrected chi connectivity index (χ3v) is 3.63. The summed E-state index contributed by atoms with van der Waals surface area (Å²) in [6, 6.07) is 8.70. The number of aliphatic imine (C=N–C) groups is 1. The van der Waals surface area contributed by atoms with Gasteiger partial charge in [0.05, 0.1) is 6.54 Å². The number of aryl methyl sites for hydroxylation is 2. The lowest BCUT2D eigenvalue weighted by molar-refractivity contribution is 0.474. The second-order valence-corrected chi connectivity index (χ2v) is 5.28. The quantitative estimate of drug-likeness (QED) is 0.451. The fraction of sp³-hybridized carbons (Fsp3) is 0.438. The molecule has 0 amide bonds. The van der Waals surface area contributed by atoms with Crippen LogP contribution in [0.25, 0.3) is 0 Å². The zero-order valence-electron chi connectivity index (χ0n) is 14.2. The molecule has 23 heavy (non-hydrogen) atoms. The maximum atomic E-state index is 4.32. The molecular formula is C16H25IN6. The summed E-state index contributed by atoms with van der Waals surface area (Å²) >= 11 is 0. The highest BCUT2D eigenvalue weighted by atomic mass is 127. The highest BCUT2D eigenvalue weighted by molar-refractivity contribution is 14.0. The van der Waals surface area contributed by atoms with Gasteiger partial charge in [0.2, 0.25) is 0 Å². The fourth-order valence-corrected chi connectivity index (χ4v) is 2.24. The second-order valence-electron chi connectivity index (χ2n) is 5.28. The summed E-state index contributed by atoms with van der Waals surface area (Å²) in [5, 5.41) is 11.2. The van der Waals surface area contributed by atoms with Gasteiger partial charge in [-0.05, 0) is 17.5 Å². The van der Waals surface area contributed by atoms with Crippen LogP contribution in [0.4, 0.5) is 0 Å². The summed E-state index contributed by atoms with van der Waals surface area (Å²) in [5.74, 6) is 1.71. The molecule has 126 valence electrons. The summed E-state index contributed by atoms with van der Waals surface area (Å²) < 4.78 is 1.89. The van der Waals surface area contributed by atoms with E-state index in [9.17, 15) is 0 Å². The Morgan fingerprint density at radius 2 is 1.91 bits per heavy atom. The monoisotopic (exact) mass is 428 g/mol. The van der Waals surface area contributed by atoms with Crippen molar-refractivity contribution in [1.29, 1.82) is 0 Å². The predicted octanol–water partition coefficient (Wildman–Crippen LogP) is 2.20. The molecule has 0 atom stereocenters. The Bertz CT molecular complexity index is 620. The first-order valence-electron chi connectivity index (χ1n) is 7.46. The maximum absolute atomic E-state index is 4.32. The molecule has 0 aliphatic carbocycles. The van der Waals surface area contributed by atoms with E-state index in [1.165, 1.54) is 11.1 Å². The second kappa shape index (κ2) is 9.49. The van der Waals surface area contributed by atoms with Gasteiger partial charge in [0, 0.05) is 27.7 Å². The van der Waals surface area contributed by atoms with E-state index in [4.69, 9.17) is 0 Å². The molecule has 2 aromatic rings. The van der Waals surface area contributed by atoms with Crippen molar-refractivity contribution in [3.63, 3.8) is 0 Å². The van der Waals surface area contributed by atoms with Crippen molar-refractivity contribution in [2.24, 2.45) is 12.0 Å². The number of aromatic nitrogens is 3. The minimum Gasteiger partial charge on any atom is -0.349 e. The molecule has 0 unspecified atom stereocenters. The van der Waals surface area contributed by atoms with Crippen molar-refractivity contribution < 1.29 is 0 Å². The summed E-state index contributed by atoms with van der Waals surface area (Å²) in [6.07, 6.45) is 2.76. The number of hydrogen-bond acceptors (Lipinski definition) is 3. The summed E-state index contributed by atoms with van der Waals surface area (Å²) in [4.78, 5) is 6.42. The van der Waals surface area contributed by atoms with Crippen LogP contribution in [0.5, 0.6) is 0 Å². The minimum atomic E-state index is 0. The molecule has 7 heteroatoms. The van der Waals surface area contributed by atoms with Crippen molar-refractivity contribution in [3.05, 3.63) is 47.5 Å². The number of hydrogen-bond donors (Lipinski definition) is 1. The molecule has 0 aliphatic rings. The third kappa shape index (κ3) is 5.49. The van der Waals surface area contributed by atoms with Crippen LogP contribution in [-0.4, -0.2) is 39.7 Å². The number of nitrogens with zero attached hydrogens (tertiary/aromatic N) is 5. The summed E-state index contributed by atoms with van der Waals surface area (Å²) in [7, 11) is 5.74. The highest BCUT2D eigenvalue weighted by Crippen LogP contribution is 2.07. The van der Waals surface area contributed by atoms with E-state index in [0.717, 1.165) is 24.7 Å².